The summed E-state index contributed by atoms with van der Waals surface area (Å²) in [5.41, 5.74) is 0.651. The maximum Gasteiger partial charge on any atom is 0.291 e. The van der Waals surface area contributed by atoms with Gasteiger partial charge in [-0.05, 0) is 6.92 Å². The lowest BCUT2D eigenvalue weighted by molar-refractivity contribution is 0.0612. The van der Waals surface area contributed by atoms with E-state index in [4.69, 9.17) is 16.0 Å². The molecule has 0 atom stereocenters. The minimum atomic E-state index is -0.0643. The number of carbonyl (C=O) groups is 1. The second-order valence-corrected chi connectivity index (χ2v) is 4.47. The van der Waals surface area contributed by atoms with E-state index < -0.39 is 0 Å². The molecule has 1 saturated heterocycles. The predicted octanol–water partition coefficient (Wildman–Crippen LogP) is 0.980. The van der Waals surface area contributed by atoms with Gasteiger partial charge >= 0.3 is 0 Å². The number of rotatable bonds is 3. The Labute approximate surface area is 105 Å². The smallest absolute Gasteiger partial charge is 0.291 e. The van der Waals surface area contributed by atoms with Crippen LogP contribution >= 0.6 is 11.6 Å². The number of amides is 1. The summed E-state index contributed by atoms with van der Waals surface area (Å²) in [5.74, 6) is 0.927. The number of halogens is 1. The zero-order valence-corrected chi connectivity index (χ0v) is 10.6. The number of piperazine rings is 1. The van der Waals surface area contributed by atoms with Gasteiger partial charge in [0, 0.05) is 38.6 Å². The fourth-order valence-electron chi connectivity index (χ4n) is 1.94. The zero-order valence-electron chi connectivity index (χ0n) is 9.86. The van der Waals surface area contributed by atoms with Crippen molar-refractivity contribution in [3.05, 3.63) is 17.8 Å². The van der Waals surface area contributed by atoms with Gasteiger partial charge in [0.1, 0.15) is 0 Å². The minimum Gasteiger partial charge on any atom is -0.438 e. The maximum absolute atomic E-state index is 12.1. The van der Waals surface area contributed by atoms with Gasteiger partial charge in [-0.1, -0.05) is 0 Å². The Kier molecular flexibility index (Phi) is 4.02. The standard InChI is InChI=1S/C11H16ClN3O2/c1-9-10(17-8-13-9)11(16)15-6-4-14(3-2-12)5-7-15/h8H,2-7H2,1H3. The molecule has 1 fully saturated rings. The third-order valence-electron chi connectivity index (χ3n) is 3.00. The summed E-state index contributed by atoms with van der Waals surface area (Å²) in [5, 5.41) is 0. The molecule has 1 aliphatic heterocycles. The largest absolute Gasteiger partial charge is 0.438 e. The molecule has 1 aromatic heterocycles. The molecule has 0 unspecified atom stereocenters. The van der Waals surface area contributed by atoms with Gasteiger partial charge in [0.2, 0.25) is 5.76 Å². The van der Waals surface area contributed by atoms with E-state index in [0.717, 1.165) is 32.7 Å². The van der Waals surface area contributed by atoms with Gasteiger partial charge in [-0.3, -0.25) is 9.69 Å². The van der Waals surface area contributed by atoms with Crippen LogP contribution in [0.4, 0.5) is 0 Å². The molecule has 0 aromatic carbocycles. The van der Waals surface area contributed by atoms with Gasteiger partial charge in [-0.25, -0.2) is 4.98 Å². The quantitative estimate of drug-likeness (QED) is 0.758. The van der Waals surface area contributed by atoms with E-state index >= 15 is 0 Å². The Balaban J connectivity index is 1.93. The van der Waals surface area contributed by atoms with Crippen LogP contribution in [0, 0.1) is 6.92 Å². The Morgan fingerprint density at radius 2 is 2.18 bits per heavy atom. The van der Waals surface area contributed by atoms with Crippen LogP contribution in [0.3, 0.4) is 0 Å². The molecule has 5 nitrogen and oxygen atoms in total. The molecule has 0 bridgehead atoms. The average Bonchev–Trinajstić information content (AvgIpc) is 2.76. The highest BCUT2D eigenvalue weighted by Crippen LogP contribution is 2.11. The summed E-state index contributed by atoms with van der Waals surface area (Å²) >= 11 is 5.69. The Hall–Kier alpha value is -1.07. The number of aromatic nitrogens is 1. The first kappa shape index (κ1) is 12.4. The van der Waals surface area contributed by atoms with Crippen molar-refractivity contribution in [1.29, 1.82) is 0 Å². The number of hydrogen-bond acceptors (Lipinski definition) is 4. The average molecular weight is 258 g/mol. The summed E-state index contributed by atoms with van der Waals surface area (Å²) in [6, 6.07) is 0. The summed E-state index contributed by atoms with van der Waals surface area (Å²) in [6.07, 6.45) is 1.31. The van der Waals surface area contributed by atoms with E-state index in [0.29, 0.717) is 17.3 Å². The molecule has 2 heterocycles. The lowest BCUT2D eigenvalue weighted by Gasteiger charge is -2.33. The van der Waals surface area contributed by atoms with Crippen molar-refractivity contribution in [3.63, 3.8) is 0 Å². The molecule has 0 N–H and O–H groups in total. The first-order chi connectivity index (χ1) is 8.22. The van der Waals surface area contributed by atoms with E-state index in [-0.39, 0.29) is 5.91 Å². The molecule has 0 radical (unpaired) electrons. The van der Waals surface area contributed by atoms with Crippen LogP contribution < -0.4 is 0 Å². The summed E-state index contributed by atoms with van der Waals surface area (Å²) in [7, 11) is 0. The van der Waals surface area contributed by atoms with E-state index in [1.165, 1.54) is 6.39 Å². The van der Waals surface area contributed by atoms with Crippen LogP contribution in [-0.2, 0) is 0 Å². The van der Waals surface area contributed by atoms with Gasteiger partial charge in [0.15, 0.2) is 6.39 Å². The molecule has 1 amide bonds. The van der Waals surface area contributed by atoms with Gasteiger partial charge in [0.05, 0.1) is 5.69 Å². The van der Waals surface area contributed by atoms with Crippen molar-refractivity contribution in [3.8, 4) is 0 Å². The van der Waals surface area contributed by atoms with Crippen molar-refractivity contribution < 1.29 is 9.21 Å². The lowest BCUT2D eigenvalue weighted by atomic mass is 10.2. The molecular formula is C11H16ClN3O2. The monoisotopic (exact) mass is 257 g/mol. The minimum absolute atomic E-state index is 0.0643. The van der Waals surface area contributed by atoms with Crippen molar-refractivity contribution >= 4 is 17.5 Å². The van der Waals surface area contributed by atoms with Crippen molar-refractivity contribution in [2.24, 2.45) is 0 Å². The fourth-order valence-corrected chi connectivity index (χ4v) is 2.18. The van der Waals surface area contributed by atoms with Gasteiger partial charge in [-0.15, -0.1) is 11.6 Å². The summed E-state index contributed by atoms with van der Waals surface area (Å²) < 4.78 is 5.12. The number of alkyl halides is 1. The third-order valence-corrected chi connectivity index (χ3v) is 3.17. The van der Waals surface area contributed by atoms with Crippen LogP contribution in [0.25, 0.3) is 0 Å². The molecule has 0 spiro atoms. The van der Waals surface area contributed by atoms with Crippen LogP contribution in [0.2, 0.25) is 0 Å². The van der Waals surface area contributed by atoms with Gasteiger partial charge in [-0.2, -0.15) is 0 Å². The number of aryl methyl sites for hydroxylation is 1. The highest BCUT2D eigenvalue weighted by Gasteiger charge is 2.25. The van der Waals surface area contributed by atoms with Crippen molar-refractivity contribution in [1.82, 2.24) is 14.8 Å². The molecular weight excluding hydrogens is 242 g/mol. The van der Waals surface area contributed by atoms with Gasteiger partial charge in [0.25, 0.3) is 5.91 Å². The molecule has 0 aliphatic carbocycles. The molecule has 2 rings (SSSR count). The zero-order chi connectivity index (χ0) is 12.3. The summed E-state index contributed by atoms with van der Waals surface area (Å²) in [4.78, 5) is 20.1. The topological polar surface area (TPSA) is 49.6 Å². The van der Waals surface area contributed by atoms with Gasteiger partial charge < -0.3 is 9.32 Å². The second kappa shape index (κ2) is 5.51. The van der Waals surface area contributed by atoms with Crippen LogP contribution in [0.1, 0.15) is 16.2 Å². The van der Waals surface area contributed by atoms with Crippen LogP contribution in [-0.4, -0.2) is 59.3 Å². The number of hydrogen-bond donors (Lipinski definition) is 0. The third kappa shape index (κ3) is 2.79. The van der Waals surface area contributed by atoms with Crippen molar-refractivity contribution in [2.75, 3.05) is 38.6 Å². The van der Waals surface area contributed by atoms with Crippen LogP contribution in [0.5, 0.6) is 0 Å². The SMILES string of the molecule is Cc1ncoc1C(=O)N1CCN(CCCl)CC1. The van der Waals surface area contributed by atoms with E-state index in [2.05, 4.69) is 9.88 Å². The highest BCUT2D eigenvalue weighted by atomic mass is 35.5. The number of oxazole rings is 1. The lowest BCUT2D eigenvalue weighted by Crippen LogP contribution is -2.49. The van der Waals surface area contributed by atoms with E-state index in [1.807, 2.05) is 0 Å². The fraction of sp³-hybridized carbons (Fsp3) is 0.636. The molecule has 1 aliphatic rings. The first-order valence-corrected chi connectivity index (χ1v) is 6.23. The Bertz CT molecular complexity index is 386. The normalized spacial score (nSPS) is 17.4. The highest BCUT2D eigenvalue weighted by molar-refractivity contribution is 6.18. The molecule has 0 saturated carbocycles. The van der Waals surface area contributed by atoms with Crippen LogP contribution in [0.15, 0.2) is 10.8 Å². The number of carbonyl (C=O) groups excluding carboxylic acids is 1. The molecule has 1 aromatic rings. The predicted molar refractivity (Wildman–Crippen MR) is 64.3 cm³/mol. The number of nitrogens with zero attached hydrogens (tertiary/aromatic N) is 3. The Morgan fingerprint density at radius 1 is 1.47 bits per heavy atom. The van der Waals surface area contributed by atoms with E-state index in [1.54, 1.807) is 11.8 Å². The Morgan fingerprint density at radius 3 is 2.71 bits per heavy atom. The van der Waals surface area contributed by atoms with Crippen molar-refractivity contribution in [2.45, 2.75) is 6.92 Å². The maximum atomic E-state index is 12.1. The molecule has 94 valence electrons. The molecule has 6 heteroatoms. The molecule has 17 heavy (non-hydrogen) atoms. The summed E-state index contributed by atoms with van der Waals surface area (Å²) in [6.45, 7) is 5.83. The second-order valence-electron chi connectivity index (χ2n) is 4.09. The first-order valence-electron chi connectivity index (χ1n) is 5.70. The van der Waals surface area contributed by atoms with E-state index in [9.17, 15) is 4.79 Å².